The second-order valence-corrected chi connectivity index (χ2v) is 8.28. The van der Waals surface area contributed by atoms with Crippen molar-refractivity contribution in [1.82, 2.24) is 0 Å². The first-order chi connectivity index (χ1) is 13.6. The molecule has 1 aliphatic rings. The van der Waals surface area contributed by atoms with E-state index in [0.717, 1.165) is 12.8 Å². The summed E-state index contributed by atoms with van der Waals surface area (Å²) in [5, 5.41) is 0. The van der Waals surface area contributed by atoms with Crippen molar-refractivity contribution in [1.29, 1.82) is 0 Å². The Morgan fingerprint density at radius 1 is 0.786 bits per heavy atom. The molecule has 0 saturated heterocycles. The molecule has 0 bridgehead atoms. The lowest BCUT2D eigenvalue weighted by Crippen LogP contribution is -2.18. The maximum atomic E-state index is 2.43. The molecule has 0 heterocycles. The van der Waals surface area contributed by atoms with Gasteiger partial charge in [0, 0.05) is 0 Å². The quantitative estimate of drug-likeness (QED) is 0.431. The molecule has 0 nitrogen and oxygen atoms in total. The third-order valence-corrected chi connectivity index (χ3v) is 5.92. The van der Waals surface area contributed by atoms with Crippen LogP contribution in [0.4, 0.5) is 0 Å². The zero-order chi connectivity index (χ0) is 19.4. The molecule has 0 amide bonds. The predicted molar refractivity (Wildman–Crippen MR) is 121 cm³/mol. The first-order valence-corrected chi connectivity index (χ1v) is 10.2. The molecule has 0 fully saturated rings. The van der Waals surface area contributed by atoms with Gasteiger partial charge in [0.15, 0.2) is 0 Å². The summed E-state index contributed by atoms with van der Waals surface area (Å²) >= 11 is 0. The van der Waals surface area contributed by atoms with Crippen molar-refractivity contribution < 1.29 is 0 Å². The monoisotopic (exact) mass is 364 g/mol. The first kappa shape index (κ1) is 18.5. The van der Waals surface area contributed by atoms with Gasteiger partial charge < -0.3 is 0 Å². The topological polar surface area (TPSA) is 0 Å². The molecule has 4 rings (SSSR count). The molecular weight excluding hydrogens is 336 g/mol. The lowest BCUT2D eigenvalue weighted by atomic mass is 9.73. The van der Waals surface area contributed by atoms with E-state index in [1.54, 1.807) is 0 Å². The van der Waals surface area contributed by atoms with Crippen LogP contribution in [0.2, 0.25) is 0 Å². The minimum absolute atomic E-state index is 0.209. The summed E-state index contributed by atoms with van der Waals surface area (Å²) in [4.78, 5) is 0. The van der Waals surface area contributed by atoms with Crippen molar-refractivity contribution in [2.75, 3.05) is 0 Å². The molecule has 3 aromatic carbocycles. The smallest absolute Gasteiger partial charge is 0.0103 e. The molecule has 0 aliphatic heterocycles. The minimum atomic E-state index is 0.209. The van der Waals surface area contributed by atoms with Crippen LogP contribution in [0.1, 0.15) is 43.7 Å². The molecule has 0 aromatic heterocycles. The molecule has 3 aromatic rings. The average Bonchev–Trinajstić information content (AvgIpc) is 2.75. The van der Waals surface area contributed by atoms with Gasteiger partial charge in [0.05, 0.1) is 0 Å². The Morgan fingerprint density at radius 2 is 1.39 bits per heavy atom. The molecule has 0 spiro atoms. The van der Waals surface area contributed by atoms with E-state index in [2.05, 4.69) is 117 Å². The minimum Gasteiger partial charge on any atom is -0.0776 e. The third kappa shape index (κ3) is 4.02. The lowest BCUT2D eigenvalue weighted by Gasteiger charge is -2.31. The summed E-state index contributed by atoms with van der Waals surface area (Å²) in [6, 6.07) is 30.3. The lowest BCUT2D eigenvalue weighted by molar-refractivity contribution is 0.364. The third-order valence-electron chi connectivity index (χ3n) is 5.92. The molecule has 140 valence electrons. The van der Waals surface area contributed by atoms with Crippen LogP contribution in [0.25, 0.3) is 16.7 Å². The fourth-order valence-corrected chi connectivity index (χ4v) is 4.32. The van der Waals surface area contributed by atoms with Gasteiger partial charge in [-0.25, -0.2) is 0 Å². The van der Waals surface area contributed by atoms with Crippen LogP contribution in [0.15, 0.2) is 103 Å². The summed E-state index contributed by atoms with van der Waals surface area (Å²) < 4.78 is 0. The van der Waals surface area contributed by atoms with Gasteiger partial charge in [-0.1, -0.05) is 117 Å². The maximum Gasteiger partial charge on any atom is -0.0103 e. The van der Waals surface area contributed by atoms with Crippen LogP contribution in [-0.4, -0.2) is 0 Å². The Labute approximate surface area is 169 Å². The van der Waals surface area contributed by atoms with Crippen molar-refractivity contribution in [2.24, 2.45) is 5.41 Å². The molecule has 1 aliphatic carbocycles. The molecule has 28 heavy (non-hydrogen) atoms. The molecular formula is C28H28. The Kier molecular flexibility index (Phi) is 5.30. The number of allylic oxidation sites excluding steroid dienone is 4. The van der Waals surface area contributed by atoms with Gasteiger partial charge in [0.2, 0.25) is 0 Å². The molecule has 0 N–H and O–H groups in total. The normalized spacial score (nSPS) is 19.9. The van der Waals surface area contributed by atoms with Crippen molar-refractivity contribution in [3.8, 4) is 11.1 Å². The van der Waals surface area contributed by atoms with Crippen LogP contribution in [0, 0.1) is 5.41 Å². The number of benzene rings is 3. The fraction of sp³-hybridized carbons (Fsp3) is 0.214. The second kappa shape index (κ2) is 8.02. The van der Waals surface area contributed by atoms with Crippen molar-refractivity contribution in [3.05, 3.63) is 114 Å². The summed E-state index contributed by atoms with van der Waals surface area (Å²) in [5.41, 5.74) is 6.88. The Bertz CT molecular complexity index is 979. The predicted octanol–water partition coefficient (Wildman–Crippen LogP) is 7.90. The van der Waals surface area contributed by atoms with E-state index in [4.69, 9.17) is 0 Å². The molecule has 2 unspecified atom stereocenters. The van der Waals surface area contributed by atoms with E-state index >= 15 is 0 Å². The summed E-state index contributed by atoms with van der Waals surface area (Å²) in [7, 11) is 0. The maximum absolute atomic E-state index is 2.43. The van der Waals surface area contributed by atoms with Gasteiger partial charge in [0.1, 0.15) is 0 Å². The molecule has 0 saturated carbocycles. The van der Waals surface area contributed by atoms with Crippen LogP contribution in [-0.2, 0) is 0 Å². The van der Waals surface area contributed by atoms with E-state index in [0.29, 0.717) is 5.92 Å². The van der Waals surface area contributed by atoms with Gasteiger partial charge in [-0.3, -0.25) is 0 Å². The van der Waals surface area contributed by atoms with Gasteiger partial charge in [-0.2, -0.15) is 0 Å². The Hall–Kier alpha value is -2.86. The first-order valence-electron chi connectivity index (χ1n) is 10.2. The largest absolute Gasteiger partial charge is 0.0776 e. The Morgan fingerprint density at radius 3 is 2.04 bits per heavy atom. The van der Waals surface area contributed by atoms with E-state index < -0.39 is 0 Å². The van der Waals surface area contributed by atoms with Crippen LogP contribution >= 0.6 is 0 Å². The fourth-order valence-electron chi connectivity index (χ4n) is 4.32. The van der Waals surface area contributed by atoms with Crippen molar-refractivity contribution in [3.63, 3.8) is 0 Å². The highest BCUT2D eigenvalue weighted by Gasteiger charge is 2.26. The molecule has 2 atom stereocenters. The Balaban J connectivity index is 1.55. The number of hydrogen-bond donors (Lipinski definition) is 0. The van der Waals surface area contributed by atoms with E-state index in [1.807, 2.05) is 0 Å². The highest BCUT2D eigenvalue weighted by Crippen LogP contribution is 2.41. The second-order valence-electron chi connectivity index (χ2n) is 8.28. The molecule has 0 heteroatoms. The summed E-state index contributed by atoms with van der Waals surface area (Å²) in [6.07, 6.45) is 9.45. The van der Waals surface area contributed by atoms with Gasteiger partial charge >= 0.3 is 0 Å². The standard InChI is InChI=1S/C28H28/c1-22(23-11-5-3-6-12-23)21-28(2)19-17-25(18-20-28)27-16-10-9-15-26(27)24-13-7-4-8-14-24/h3-19,22H,20-21H2,1-2H3. The van der Waals surface area contributed by atoms with E-state index in [1.165, 1.54) is 27.8 Å². The van der Waals surface area contributed by atoms with Gasteiger partial charge in [-0.05, 0) is 52.0 Å². The molecule has 0 radical (unpaired) electrons. The van der Waals surface area contributed by atoms with Crippen LogP contribution < -0.4 is 0 Å². The summed E-state index contributed by atoms with van der Waals surface area (Å²) in [6.45, 7) is 4.73. The van der Waals surface area contributed by atoms with E-state index in [9.17, 15) is 0 Å². The highest BCUT2D eigenvalue weighted by molar-refractivity contribution is 5.86. The number of hydrogen-bond acceptors (Lipinski definition) is 0. The van der Waals surface area contributed by atoms with Crippen LogP contribution in [0.5, 0.6) is 0 Å². The number of rotatable bonds is 5. The average molecular weight is 365 g/mol. The van der Waals surface area contributed by atoms with Crippen molar-refractivity contribution in [2.45, 2.75) is 32.6 Å². The zero-order valence-corrected chi connectivity index (χ0v) is 16.8. The van der Waals surface area contributed by atoms with Gasteiger partial charge in [0.25, 0.3) is 0 Å². The van der Waals surface area contributed by atoms with Crippen LogP contribution in [0.3, 0.4) is 0 Å². The zero-order valence-electron chi connectivity index (χ0n) is 16.8. The summed E-state index contributed by atoms with van der Waals surface area (Å²) in [5.74, 6) is 0.558. The van der Waals surface area contributed by atoms with Gasteiger partial charge in [-0.15, -0.1) is 0 Å². The van der Waals surface area contributed by atoms with E-state index in [-0.39, 0.29) is 5.41 Å². The van der Waals surface area contributed by atoms with Crippen molar-refractivity contribution >= 4 is 5.57 Å². The SMILES string of the molecule is CC(CC1(C)C=CC(c2ccccc2-c2ccccc2)=CC1)c1ccccc1. The highest BCUT2D eigenvalue weighted by atomic mass is 14.3.